The second kappa shape index (κ2) is 6.01. The van der Waals surface area contributed by atoms with E-state index in [9.17, 15) is 0 Å². The van der Waals surface area contributed by atoms with Gasteiger partial charge in [-0.05, 0) is 43.5 Å². The molecule has 5 nitrogen and oxygen atoms in total. The van der Waals surface area contributed by atoms with Crippen molar-refractivity contribution in [2.45, 2.75) is 25.9 Å². The molecule has 4 rings (SSSR count). The number of ether oxygens (including phenoxy) is 1. The van der Waals surface area contributed by atoms with Gasteiger partial charge in [0.15, 0.2) is 0 Å². The molecule has 1 atom stereocenters. The minimum absolute atomic E-state index is 0.288. The van der Waals surface area contributed by atoms with Gasteiger partial charge in [-0.2, -0.15) is 0 Å². The van der Waals surface area contributed by atoms with Crippen LogP contribution in [0.5, 0.6) is 0 Å². The van der Waals surface area contributed by atoms with E-state index in [1.807, 2.05) is 12.1 Å². The van der Waals surface area contributed by atoms with Gasteiger partial charge in [0, 0.05) is 37.3 Å². The van der Waals surface area contributed by atoms with E-state index in [4.69, 9.17) is 9.72 Å². The summed E-state index contributed by atoms with van der Waals surface area (Å²) in [6, 6.07) is 8.12. The van der Waals surface area contributed by atoms with E-state index in [2.05, 4.69) is 40.0 Å². The zero-order chi connectivity index (χ0) is 15.6. The average molecular weight is 308 g/mol. The number of nitrogens with zero attached hydrogens (tertiary/aromatic N) is 3. The second-order valence-corrected chi connectivity index (χ2v) is 6.00. The summed E-state index contributed by atoms with van der Waals surface area (Å²) in [5.74, 6) is 1.02. The number of pyridine rings is 2. The Morgan fingerprint density at radius 1 is 1.26 bits per heavy atom. The molecule has 4 heterocycles. The number of hydrogen-bond donors (Lipinski definition) is 1. The Labute approximate surface area is 135 Å². The molecule has 0 aliphatic carbocycles. The quantitative estimate of drug-likeness (QED) is 0.803. The Hall–Kier alpha value is -2.40. The number of anilines is 1. The number of aryl methyl sites for hydroxylation is 1. The molecule has 5 heteroatoms. The first-order valence-electron chi connectivity index (χ1n) is 8.06. The smallest absolute Gasteiger partial charge is 0.139 e. The van der Waals surface area contributed by atoms with Crippen LogP contribution in [-0.2, 0) is 4.74 Å². The standard InChI is InChI=1S/C18H20N4O/c1-13-4-5-16-21-17(14-6-8-19-9-7-14)18(22(16)12-13)20-11-15-3-2-10-23-15/h4-9,12,15,20H,2-3,10-11H2,1H3/t15-/m1/s1. The Bertz CT molecular complexity index is 807. The molecule has 118 valence electrons. The van der Waals surface area contributed by atoms with E-state index in [1.54, 1.807) is 12.4 Å². The summed E-state index contributed by atoms with van der Waals surface area (Å²) in [6.07, 6.45) is 8.27. The van der Waals surface area contributed by atoms with Gasteiger partial charge in [0.25, 0.3) is 0 Å². The molecule has 1 N–H and O–H groups in total. The molecule has 0 radical (unpaired) electrons. The second-order valence-electron chi connectivity index (χ2n) is 6.00. The zero-order valence-electron chi connectivity index (χ0n) is 13.2. The van der Waals surface area contributed by atoms with E-state index in [-0.39, 0.29) is 6.10 Å². The molecule has 3 aromatic heterocycles. The molecule has 3 aromatic rings. The van der Waals surface area contributed by atoms with Gasteiger partial charge in [0.1, 0.15) is 17.2 Å². The van der Waals surface area contributed by atoms with Crippen LogP contribution in [0.1, 0.15) is 18.4 Å². The monoisotopic (exact) mass is 308 g/mol. The minimum atomic E-state index is 0.288. The third-order valence-corrected chi connectivity index (χ3v) is 4.24. The molecule has 1 fully saturated rings. The Kier molecular flexibility index (Phi) is 3.71. The largest absolute Gasteiger partial charge is 0.376 e. The van der Waals surface area contributed by atoms with Crippen LogP contribution in [0, 0.1) is 6.92 Å². The van der Waals surface area contributed by atoms with Crippen LogP contribution in [0.4, 0.5) is 5.82 Å². The van der Waals surface area contributed by atoms with E-state index < -0.39 is 0 Å². The summed E-state index contributed by atoms with van der Waals surface area (Å²) in [7, 11) is 0. The van der Waals surface area contributed by atoms with Gasteiger partial charge in [-0.3, -0.25) is 9.38 Å². The van der Waals surface area contributed by atoms with Crippen molar-refractivity contribution in [3.05, 3.63) is 48.4 Å². The van der Waals surface area contributed by atoms with Crippen LogP contribution in [0.2, 0.25) is 0 Å². The summed E-state index contributed by atoms with van der Waals surface area (Å²) < 4.78 is 7.86. The fourth-order valence-electron chi connectivity index (χ4n) is 3.05. The Morgan fingerprint density at radius 3 is 2.91 bits per heavy atom. The lowest BCUT2D eigenvalue weighted by Gasteiger charge is -2.13. The third-order valence-electron chi connectivity index (χ3n) is 4.24. The number of imidazole rings is 1. The van der Waals surface area contributed by atoms with Crippen LogP contribution in [0.15, 0.2) is 42.9 Å². The lowest BCUT2D eigenvalue weighted by atomic mass is 10.2. The fraction of sp³-hybridized carbons (Fsp3) is 0.333. The van der Waals surface area contributed by atoms with Crippen LogP contribution in [0.3, 0.4) is 0 Å². The third kappa shape index (κ3) is 2.80. The normalized spacial score (nSPS) is 17.7. The summed E-state index contributed by atoms with van der Waals surface area (Å²) in [6.45, 7) is 3.77. The lowest BCUT2D eigenvalue weighted by Crippen LogP contribution is -2.19. The van der Waals surface area contributed by atoms with Crippen molar-refractivity contribution < 1.29 is 4.74 Å². The summed E-state index contributed by atoms with van der Waals surface area (Å²) >= 11 is 0. The van der Waals surface area contributed by atoms with Crippen LogP contribution in [-0.4, -0.2) is 33.6 Å². The van der Waals surface area contributed by atoms with E-state index in [1.165, 1.54) is 5.56 Å². The molecule has 0 unspecified atom stereocenters. The topological polar surface area (TPSA) is 51.5 Å². The first-order chi connectivity index (χ1) is 11.3. The van der Waals surface area contributed by atoms with Crippen molar-refractivity contribution >= 4 is 11.5 Å². The molecule has 0 bridgehead atoms. The van der Waals surface area contributed by atoms with Gasteiger partial charge in [-0.25, -0.2) is 4.98 Å². The van der Waals surface area contributed by atoms with Gasteiger partial charge in [-0.15, -0.1) is 0 Å². The molecule has 0 aromatic carbocycles. The minimum Gasteiger partial charge on any atom is -0.376 e. The van der Waals surface area contributed by atoms with Crippen LogP contribution < -0.4 is 5.32 Å². The average Bonchev–Trinajstić information content (AvgIpc) is 3.21. The number of rotatable bonds is 4. The predicted molar refractivity (Wildman–Crippen MR) is 90.6 cm³/mol. The van der Waals surface area contributed by atoms with Crippen molar-refractivity contribution in [2.24, 2.45) is 0 Å². The van der Waals surface area contributed by atoms with E-state index >= 15 is 0 Å². The molecule has 1 aliphatic heterocycles. The highest BCUT2D eigenvalue weighted by Gasteiger charge is 2.18. The highest BCUT2D eigenvalue weighted by atomic mass is 16.5. The molecule has 1 aliphatic rings. The number of hydrogen-bond acceptors (Lipinski definition) is 4. The maximum absolute atomic E-state index is 5.73. The molecular formula is C18H20N4O. The van der Waals surface area contributed by atoms with Crippen LogP contribution >= 0.6 is 0 Å². The maximum atomic E-state index is 5.73. The number of nitrogens with one attached hydrogen (secondary N) is 1. The van der Waals surface area contributed by atoms with Crippen LogP contribution in [0.25, 0.3) is 16.9 Å². The highest BCUT2D eigenvalue weighted by molar-refractivity contribution is 5.76. The van der Waals surface area contributed by atoms with Crippen molar-refractivity contribution in [3.8, 4) is 11.3 Å². The molecular weight excluding hydrogens is 288 g/mol. The van der Waals surface area contributed by atoms with E-state index in [0.29, 0.717) is 0 Å². The highest BCUT2D eigenvalue weighted by Crippen LogP contribution is 2.29. The zero-order valence-corrected chi connectivity index (χ0v) is 13.2. The molecule has 0 spiro atoms. The Morgan fingerprint density at radius 2 is 2.13 bits per heavy atom. The van der Waals surface area contributed by atoms with Gasteiger partial charge in [0.05, 0.1) is 6.10 Å². The first-order valence-corrected chi connectivity index (χ1v) is 8.06. The van der Waals surface area contributed by atoms with Crippen molar-refractivity contribution in [1.82, 2.24) is 14.4 Å². The van der Waals surface area contributed by atoms with Gasteiger partial charge in [0.2, 0.25) is 0 Å². The Balaban J connectivity index is 1.76. The van der Waals surface area contributed by atoms with Gasteiger partial charge < -0.3 is 10.1 Å². The summed E-state index contributed by atoms with van der Waals surface area (Å²) in [5, 5.41) is 3.56. The summed E-state index contributed by atoms with van der Waals surface area (Å²) in [4.78, 5) is 8.90. The number of aromatic nitrogens is 3. The molecule has 1 saturated heterocycles. The maximum Gasteiger partial charge on any atom is 0.139 e. The van der Waals surface area contributed by atoms with Crippen molar-refractivity contribution in [2.75, 3.05) is 18.5 Å². The fourth-order valence-corrected chi connectivity index (χ4v) is 3.05. The van der Waals surface area contributed by atoms with Crippen molar-refractivity contribution in [3.63, 3.8) is 0 Å². The molecule has 23 heavy (non-hydrogen) atoms. The van der Waals surface area contributed by atoms with Gasteiger partial charge >= 0.3 is 0 Å². The first kappa shape index (κ1) is 14.2. The van der Waals surface area contributed by atoms with Gasteiger partial charge in [-0.1, -0.05) is 6.07 Å². The number of fused-ring (bicyclic) bond motifs is 1. The lowest BCUT2D eigenvalue weighted by molar-refractivity contribution is 0.120. The molecule has 0 saturated carbocycles. The molecule has 0 amide bonds. The SMILES string of the molecule is Cc1ccc2nc(-c3ccncc3)c(NC[C@H]3CCCO3)n2c1. The van der Waals surface area contributed by atoms with Crippen molar-refractivity contribution in [1.29, 1.82) is 0 Å². The summed E-state index contributed by atoms with van der Waals surface area (Å²) in [5.41, 5.74) is 4.17. The van der Waals surface area contributed by atoms with E-state index in [0.717, 1.165) is 48.7 Å². The predicted octanol–water partition coefficient (Wildman–Crippen LogP) is 3.30.